The zero-order valence-electron chi connectivity index (χ0n) is 20.3. The molecule has 1 aromatic rings. The van der Waals surface area contributed by atoms with Crippen LogP contribution in [0.2, 0.25) is 0 Å². The molecule has 0 unspecified atom stereocenters. The van der Waals surface area contributed by atoms with Gasteiger partial charge in [-0.1, -0.05) is 24.0 Å². The summed E-state index contributed by atoms with van der Waals surface area (Å²) in [6.07, 6.45) is -2.09. The van der Waals surface area contributed by atoms with Crippen molar-refractivity contribution in [2.75, 3.05) is 6.61 Å². The molecule has 2 aliphatic rings. The first-order chi connectivity index (χ1) is 17.5. The molecule has 1 aromatic heterocycles. The van der Waals surface area contributed by atoms with Gasteiger partial charge < -0.3 is 23.7 Å². The molecule has 5 atom stereocenters. The van der Waals surface area contributed by atoms with Crippen LogP contribution in [0.1, 0.15) is 33.3 Å². The number of esters is 4. The van der Waals surface area contributed by atoms with Gasteiger partial charge in [0.1, 0.15) is 12.7 Å². The lowest BCUT2D eigenvalue weighted by atomic mass is 9.96. The van der Waals surface area contributed by atoms with E-state index in [1.54, 1.807) is 30.6 Å². The molecule has 1 amide bonds. The molecule has 37 heavy (non-hydrogen) atoms. The monoisotopic (exact) mass is 552 g/mol. The smallest absolute Gasteiger partial charge is 0.303 e. The van der Waals surface area contributed by atoms with E-state index in [1.165, 1.54) is 0 Å². The van der Waals surface area contributed by atoms with E-state index < -0.39 is 67.0 Å². The summed E-state index contributed by atoms with van der Waals surface area (Å²) in [5.74, 6) is -3.54. The Bertz CT molecular complexity index is 1130. The number of hydrogen-bond donors (Lipinski definition) is 0. The van der Waals surface area contributed by atoms with Gasteiger partial charge in [0, 0.05) is 40.1 Å². The summed E-state index contributed by atoms with van der Waals surface area (Å²) in [5.41, 5.74) is 0.692. The fraction of sp³-hybridized carbons (Fsp3) is 0.435. The minimum Gasteiger partial charge on any atom is -0.463 e. The van der Waals surface area contributed by atoms with E-state index >= 15 is 0 Å². The van der Waals surface area contributed by atoms with Crippen molar-refractivity contribution in [2.45, 2.75) is 58.3 Å². The molecule has 3 heterocycles. The zero-order valence-corrected chi connectivity index (χ0v) is 21.9. The number of thioether (sulfide) groups is 1. The maximum Gasteiger partial charge on any atom is 0.303 e. The summed E-state index contributed by atoms with van der Waals surface area (Å²) in [6.45, 7) is 4.08. The van der Waals surface area contributed by atoms with Crippen LogP contribution in [-0.2, 0) is 47.7 Å². The van der Waals surface area contributed by atoms with E-state index in [0.29, 0.717) is 5.56 Å². The van der Waals surface area contributed by atoms with Crippen molar-refractivity contribution < 1.29 is 47.7 Å². The number of carbonyl (C=O) groups is 5. The van der Waals surface area contributed by atoms with Gasteiger partial charge in [-0.05, 0) is 23.8 Å². The van der Waals surface area contributed by atoms with Crippen LogP contribution in [-0.4, -0.2) is 81.2 Å². The number of thiocarbonyl (C=S) groups is 1. The molecule has 198 valence electrons. The Morgan fingerprint density at radius 2 is 1.54 bits per heavy atom. The number of ether oxygens (including phenoxy) is 5. The van der Waals surface area contributed by atoms with Gasteiger partial charge in [-0.2, -0.15) is 0 Å². The largest absolute Gasteiger partial charge is 0.463 e. The van der Waals surface area contributed by atoms with Gasteiger partial charge in [0.2, 0.25) is 0 Å². The van der Waals surface area contributed by atoms with Crippen molar-refractivity contribution in [1.82, 2.24) is 9.88 Å². The van der Waals surface area contributed by atoms with Crippen LogP contribution in [0, 0.1) is 0 Å². The molecular formula is C23H24N2O10S2. The SMILES string of the molecule is CC(=O)OC[C@@H]1O[C@@H](N2C(=O)/C(=C\c3ccncc3)SC2=S)[C@@H](OC(C)=O)[C@@H](OC(C)=O)[C@H]1OC(C)=O. The fourth-order valence-corrected chi connectivity index (χ4v) is 5.03. The van der Waals surface area contributed by atoms with Crippen molar-refractivity contribution >= 4 is 64.2 Å². The highest BCUT2D eigenvalue weighted by atomic mass is 32.2. The van der Waals surface area contributed by atoms with E-state index in [4.69, 9.17) is 35.9 Å². The number of carbonyl (C=O) groups excluding carboxylic acids is 5. The Kier molecular flexibility index (Phi) is 9.34. The highest BCUT2D eigenvalue weighted by Crippen LogP contribution is 2.39. The van der Waals surface area contributed by atoms with Gasteiger partial charge in [0.05, 0.1) is 4.91 Å². The lowest BCUT2D eigenvalue weighted by molar-refractivity contribution is -0.268. The van der Waals surface area contributed by atoms with E-state index in [9.17, 15) is 24.0 Å². The second-order valence-electron chi connectivity index (χ2n) is 7.92. The Morgan fingerprint density at radius 3 is 2.11 bits per heavy atom. The molecule has 0 aromatic carbocycles. The van der Waals surface area contributed by atoms with Crippen molar-refractivity contribution in [3.8, 4) is 0 Å². The van der Waals surface area contributed by atoms with Crippen LogP contribution >= 0.6 is 24.0 Å². The van der Waals surface area contributed by atoms with Crippen molar-refractivity contribution in [1.29, 1.82) is 0 Å². The standard InChI is InChI=1S/C23H24N2O10S2/c1-11(26)31-10-16-18(32-12(2)27)19(33-13(3)28)20(34-14(4)29)22(35-16)25-21(30)17(37-23(25)36)9-15-5-7-24-8-6-15/h5-9,16,18-20,22H,10H2,1-4H3/b17-9+/t16-,18-,19-,20-,22+/m0/s1. The Labute approximate surface area is 221 Å². The molecule has 0 N–H and O–H groups in total. The van der Waals surface area contributed by atoms with Gasteiger partial charge in [-0.25, -0.2) is 0 Å². The quantitative estimate of drug-likeness (QED) is 0.208. The molecule has 2 fully saturated rings. The lowest BCUT2D eigenvalue weighted by Gasteiger charge is -2.46. The molecule has 12 nitrogen and oxygen atoms in total. The molecule has 0 aliphatic carbocycles. The highest BCUT2D eigenvalue weighted by Gasteiger charge is 2.56. The number of nitrogens with zero attached hydrogens (tertiary/aromatic N) is 2. The summed E-state index contributed by atoms with van der Waals surface area (Å²) in [5, 5.41) is 0. The van der Waals surface area contributed by atoms with Gasteiger partial charge in [-0.15, -0.1) is 0 Å². The van der Waals surface area contributed by atoms with Crippen LogP contribution in [0.3, 0.4) is 0 Å². The number of rotatable bonds is 7. The van der Waals surface area contributed by atoms with Crippen LogP contribution in [0.25, 0.3) is 6.08 Å². The van der Waals surface area contributed by atoms with Gasteiger partial charge in [0.15, 0.2) is 28.9 Å². The molecular weight excluding hydrogens is 528 g/mol. The van der Waals surface area contributed by atoms with Crippen LogP contribution in [0.4, 0.5) is 0 Å². The average Bonchev–Trinajstić information content (AvgIpc) is 3.07. The minimum atomic E-state index is -1.44. The van der Waals surface area contributed by atoms with Crippen molar-refractivity contribution in [3.05, 3.63) is 35.0 Å². The summed E-state index contributed by atoms with van der Waals surface area (Å²) in [4.78, 5) is 66.2. The lowest BCUT2D eigenvalue weighted by Crippen LogP contribution is -2.66. The van der Waals surface area contributed by atoms with E-state index in [0.717, 1.165) is 44.4 Å². The predicted octanol–water partition coefficient (Wildman–Crippen LogP) is 1.37. The second kappa shape index (κ2) is 12.3. The first-order valence-corrected chi connectivity index (χ1v) is 12.2. The van der Waals surface area contributed by atoms with Crippen LogP contribution < -0.4 is 0 Å². The molecule has 0 bridgehead atoms. The summed E-state index contributed by atoms with van der Waals surface area (Å²) >= 11 is 6.43. The molecule has 0 spiro atoms. The van der Waals surface area contributed by atoms with Gasteiger partial charge in [-0.3, -0.25) is 33.9 Å². The maximum atomic E-state index is 13.4. The number of amides is 1. The molecule has 2 aliphatic heterocycles. The predicted molar refractivity (Wildman–Crippen MR) is 131 cm³/mol. The third-order valence-corrected chi connectivity index (χ3v) is 6.38. The summed E-state index contributed by atoms with van der Waals surface area (Å²) in [6, 6.07) is 3.39. The van der Waals surface area contributed by atoms with Crippen LogP contribution in [0.5, 0.6) is 0 Å². The van der Waals surface area contributed by atoms with Crippen molar-refractivity contribution in [3.63, 3.8) is 0 Å². The first-order valence-electron chi connectivity index (χ1n) is 11.0. The Balaban J connectivity index is 2.05. The Hall–Kier alpha value is -3.36. The number of pyridine rings is 1. The summed E-state index contributed by atoms with van der Waals surface area (Å²) < 4.78 is 27.4. The zero-order chi connectivity index (χ0) is 27.3. The molecule has 0 saturated carbocycles. The Morgan fingerprint density at radius 1 is 0.973 bits per heavy atom. The van der Waals surface area contributed by atoms with Crippen LogP contribution in [0.15, 0.2) is 29.4 Å². The van der Waals surface area contributed by atoms with E-state index in [-0.39, 0.29) is 9.23 Å². The average molecular weight is 553 g/mol. The second-order valence-corrected chi connectivity index (χ2v) is 9.60. The normalized spacial score (nSPS) is 26.5. The fourth-order valence-electron chi connectivity index (χ4n) is 3.72. The van der Waals surface area contributed by atoms with Crippen molar-refractivity contribution in [2.24, 2.45) is 0 Å². The third kappa shape index (κ3) is 7.11. The van der Waals surface area contributed by atoms with E-state index in [2.05, 4.69) is 4.98 Å². The number of aromatic nitrogens is 1. The first kappa shape index (κ1) is 28.2. The third-order valence-electron chi connectivity index (χ3n) is 5.05. The minimum absolute atomic E-state index is 0.0752. The topological polar surface area (TPSA) is 148 Å². The van der Waals surface area contributed by atoms with E-state index in [1.807, 2.05) is 0 Å². The number of hydrogen-bond acceptors (Lipinski definition) is 13. The summed E-state index contributed by atoms with van der Waals surface area (Å²) in [7, 11) is 0. The van der Waals surface area contributed by atoms with Gasteiger partial charge >= 0.3 is 23.9 Å². The maximum absolute atomic E-state index is 13.4. The highest BCUT2D eigenvalue weighted by molar-refractivity contribution is 8.26. The molecule has 14 heteroatoms. The van der Waals surface area contributed by atoms with Gasteiger partial charge in [0.25, 0.3) is 5.91 Å². The molecule has 0 radical (unpaired) electrons. The molecule has 2 saturated heterocycles. The molecule has 3 rings (SSSR count).